The zero-order chi connectivity index (χ0) is 12.1. The zero-order valence-electron chi connectivity index (χ0n) is 9.83. The monoisotopic (exact) mass is 406 g/mol. The van der Waals surface area contributed by atoms with Gasteiger partial charge in [-0.2, -0.15) is 0 Å². The van der Waals surface area contributed by atoms with Crippen LogP contribution in [-0.2, 0) is 26.6 Å². The number of benzene rings is 1. The van der Waals surface area contributed by atoms with E-state index in [-0.39, 0.29) is 32.1 Å². The second kappa shape index (κ2) is 6.04. The van der Waals surface area contributed by atoms with Crippen molar-refractivity contribution in [1.82, 2.24) is 4.98 Å². The van der Waals surface area contributed by atoms with Crippen molar-refractivity contribution in [3.63, 3.8) is 0 Å². The third-order valence-corrected chi connectivity index (χ3v) is 3.37. The van der Waals surface area contributed by atoms with Crippen LogP contribution in [0.25, 0.3) is 10.9 Å². The van der Waals surface area contributed by atoms with Crippen LogP contribution in [0.3, 0.4) is 0 Å². The molecule has 0 saturated heterocycles. The van der Waals surface area contributed by atoms with Crippen LogP contribution in [0.1, 0.15) is 19.4 Å². The first-order valence-corrected chi connectivity index (χ1v) is 7.52. The van der Waals surface area contributed by atoms with Crippen molar-refractivity contribution in [2.24, 2.45) is 0 Å². The van der Waals surface area contributed by atoms with Gasteiger partial charge in [-0.05, 0) is 0 Å². The van der Waals surface area contributed by atoms with Gasteiger partial charge in [0.2, 0.25) is 0 Å². The number of rotatable bonds is 1. The van der Waals surface area contributed by atoms with Gasteiger partial charge >= 0.3 is 98.0 Å². The minimum atomic E-state index is -0.0656. The standard InChI is InChI=1S/C10H9NO2.C2H6.Hg/c1-6-9(12)7-4-2-3-5-8(7)11-10(6)13;1-2;/h2-5H,1H3,(H2,11,12,13);1-2H3;/q;;+1/p-1. The molecular formula is C12H14HgNO2. The summed E-state index contributed by atoms with van der Waals surface area (Å²) < 4.78 is 5.41. The van der Waals surface area contributed by atoms with E-state index in [4.69, 9.17) is 2.64 Å². The summed E-state index contributed by atoms with van der Waals surface area (Å²) in [6.07, 6.45) is 0. The molecule has 0 spiro atoms. The third-order valence-electron chi connectivity index (χ3n) is 2.25. The van der Waals surface area contributed by atoms with E-state index in [9.17, 15) is 4.79 Å². The van der Waals surface area contributed by atoms with Crippen molar-refractivity contribution >= 4 is 10.9 Å². The molecule has 4 heteroatoms. The molecule has 0 aliphatic carbocycles. The summed E-state index contributed by atoms with van der Waals surface area (Å²) in [4.78, 5) is 14.3. The summed E-state index contributed by atoms with van der Waals surface area (Å²) >= 11 is 0.195. The number of nitrogens with one attached hydrogen (secondary N) is 1. The zero-order valence-corrected chi connectivity index (χ0v) is 15.3. The molecule has 0 amide bonds. The fourth-order valence-corrected chi connectivity index (χ4v) is 2.94. The van der Waals surface area contributed by atoms with E-state index < -0.39 is 0 Å². The van der Waals surface area contributed by atoms with E-state index in [2.05, 4.69) is 4.98 Å². The molecule has 16 heavy (non-hydrogen) atoms. The molecule has 0 aliphatic rings. The molecule has 1 aromatic carbocycles. The maximum absolute atomic E-state index is 11.5. The molecule has 2 aromatic rings. The van der Waals surface area contributed by atoms with Crippen LogP contribution in [0.2, 0.25) is 0 Å². The van der Waals surface area contributed by atoms with Crippen molar-refractivity contribution in [2.75, 3.05) is 0 Å². The molecule has 0 radical (unpaired) electrons. The topological polar surface area (TPSA) is 42.1 Å². The minimum absolute atomic E-state index is 0.0656. The van der Waals surface area contributed by atoms with Gasteiger partial charge < -0.3 is 0 Å². The average molecular weight is 405 g/mol. The molecule has 0 bridgehead atoms. The number of H-pyrrole nitrogens is 1. The van der Waals surface area contributed by atoms with Crippen LogP contribution < -0.4 is 8.20 Å². The second-order valence-electron chi connectivity index (χ2n) is 3.10. The van der Waals surface area contributed by atoms with Crippen molar-refractivity contribution in [1.29, 1.82) is 0 Å². The molecule has 1 aromatic heterocycles. The quantitative estimate of drug-likeness (QED) is 0.743. The van der Waals surface area contributed by atoms with Crippen LogP contribution in [0.15, 0.2) is 29.1 Å². The van der Waals surface area contributed by atoms with Crippen molar-refractivity contribution in [3.8, 4) is 5.75 Å². The molecule has 0 aliphatic heterocycles. The predicted molar refractivity (Wildman–Crippen MR) is 61.3 cm³/mol. The fraction of sp³-hybridized carbons (Fsp3) is 0.250. The summed E-state index contributed by atoms with van der Waals surface area (Å²) in [5, 5.41) is 0.986. The Morgan fingerprint density at radius 1 is 1.25 bits per heavy atom. The average Bonchev–Trinajstić information content (AvgIpc) is 2.33. The van der Waals surface area contributed by atoms with E-state index in [1.807, 2.05) is 38.1 Å². The van der Waals surface area contributed by atoms with Gasteiger partial charge in [-0.15, -0.1) is 0 Å². The van der Waals surface area contributed by atoms with Crippen LogP contribution >= 0.6 is 0 Å². The van der Waals surface area contributed by atoms with Gasteiger partial charge in [0.1, 0.15) is 0 Å². The molecule has 1 heterocycles. The Bertz CT molecular complexity index is 534. The van der Waals surface area contributed by atoms with Gasteiger partial charge in [0.15, 0.2) is 0 Å². The third kappa shape index (κ3) is 2.46. The number of aromatic nitrogens is 1. The van der Waals surface area contributed by atoms with Crippen LogP contribution in [0.4, 0.5) is 0 Å². The van der Waals surface area contributed by atoms with Gasteiger partial charge in [0.25, 0.3) is 0 Å². The maximum atomic E-state index is 11.5. The summed E-state index contributed by atoms with van der Waals surface area (Å²) in [5.41, 5.74) is 1.44. The Hall–Kier alpha value is -0.835. The van der Waals surface area contributed by atoms with Gasteiger partial charge in [0, 0.05) is 0 Å². The van der Waals surface area contributed by atoms with E-state index >= 15 is 0 Å². The van der Waals surface area contributed by atoms with Gasteiger partial charge in [-0.3, -0.25) is 0 Å². The van der Waals surface area contributed by atoms with Crippen LogP contribution in [0.5, 0.6) is 5.75 Å². The molecular weight excluding hydrogens is 391 g/mol. The molecule has 2 rings (SSSR count). The fourth-order valence-electron chi connectivity index (χ4n) is 1.50. The van der Waals surface area contributed by atoms with E-state index in [1.165, 1.54) is 0 Å². The molecule has 81 valence electrons. The first kappa shape index (κ1) is 13.2. The normalized spacial score (nSPS) is 9.56. The van der Waals surface area contributed by atoms with E-state index in [0.717, 1.165) is 16.7 Å². The van der Waals surface area contributed by atoms with Gasteiger partial charge in [0.05, 0.1) is 0 Å². The Balaban J connectivity index is 0.000000606. The van der Waals surface area contributed by atoms with Crippen molar-refractivity contribution in [3.05, 3.63) is 40.2 Å². The molecule has 0 fully saturated rings. The summed E-state index contributed by atoms with van der Waals surface area (Å²) in [6, 6.07) is 7.68. The Morgan fingerprint density at radius 2 is 1.88 bits per heavy atom. The van der Waals surface area contributed by atoms with Crippen molar-refractivity contribution < 1.29 is 29.2 Å². The van der Waals surface area contributed by atoms with Crippen LogP contribution in [-0.4, -0.2) is 4.98 Å². The van der Waals surface area contributed by atoms with Crippen LogP contribution in [0, 0.1) is 6.92 Å². The molecule has 0 unspecified atom stereocenters. The number of aromatic amines is 1. The number of pyridine rings is 1. The Morgan fingerprint density at radius 3 is 2.50 bits per heavy atom. The predicted octanol–water partition coefficient (Wildman–Crippen LogP) is 2.70. The van der Waals surface area contributed by atoms with E-state index in [1.54, 1.807) is 6.92 Å². The molecule has 0 atom stereocenters. The molecule has 0 saturated carbocycles. The second-order valence-corrected chi connectivity index (χ2v) is 4.22. The Kier molecular flexibility index (Phi) is 4.99. The first-order chi connectivity index (χ1) is 7.74. The summed E-state index contributed by atoms with van der Waals surface area (Å²) in [6.45, 7) is 5.79. The number of hydrogen-bond donors (Lipinski definition) is 1. The number of fused-ring (bicyclic) bond motifs is 1. The first-order valence-electron chi connectivity index (χ1n) is 5.27. The van der Waals surface area contributed by atoms with E-state index in [0.29, 0.717) is 5.56 Å². The summed E-state index contributed by atoms with van der Waals surface area (Å²) in [7, 11) is 0. The summed E-state index contributed by atoms with van der Waals surface area (Å²) in [5.74, 6) is 0.743. The number of hydrogen-bond acceptors (Lipinski definition) is 2. The SMILES string of the molecule is CC.Cc1c([O][Hg])c2ccccc2[nH]c1=O. The Labute approximate surface area is 111 Å². The molecule has 3 nitrogen and oxygen atoms in total. The van der Waals surface area contributed by atoms with Gasteiger partial charge in [-0.1, -0.05) is 13.8 Å². The van der Waals surface area contributed by atoms with Gasteiger partial charge in [-0.25, -0.2) is 0 Å². The number of para-hydroxylation sites is 1. The van der Waals surface area contributed by atoms with Crippen molar-refractivity contribution in [2.45, 2.75) is 20.8 Å². The molecule has 1 N–H and O–H groups in total.